The van der Waals surface area contributed by atoms with Gasteiger partial charge in [-0.2, -0.15) is 11.8 Å². The summed E-state index contributed by atoms with van der Waals surface area (Å²) in [6, 6.07) is 11.5. The number of thioether (sulfide) groups is 1. The van der Waals surface area contributed by atoms with Crippen LogP contribution in [0.25, 0.3) is 0 Å². The highest BCUT2D eigenvalue weighted by Crippen LogP contribution is 2.19. The monoisotopic (exact) mass is 343 g/mol. The molecule has 0 radical (unpaired) electrons. The van der Waals surface area contributed by atoms with Gasteiger partial charge in [-0.3, -0.25) is 9.59 Å². The lowest BCUT2D eigenvalue weighted by atomic mass is 10.1. The van der Waals surface area contributed by atoms with Crippen LogP contribution in [0.15, 0.2) is 41.2 Å². The molecule has 0 unspecified atom stereocenters. The van der Waals surface area contributed by atoms with Crippen molar-refractivity contribution in [3.63, 3.8) is 0 Å². The van der Waals surface area contributed by atoms with Crippen molar-refractivity contribution in [1.82, 2.24) is 10.3 Å². The average Bonchev–Trinajstić information content (AvgIpc) is 2.61. The maximum Gasteiger partial charge on any atom is 0.260 e. The SMILES string of the molecule is Cc1ccc(C(=O)NCc2ccc(N3CCSCC3)cc2)c(=O)[nH]1. The second kappa shape index (κ2) is 7.57. The molecule has 1 amide bonds. The largest absolute Gasteiger partial charge is 0.370 e. The third kappa shape index (κ3) is 4.00. The summed E-state index contributed by atoms with van der Waals surface area (Å²) >= 11 is 1.99. The van der Waals surface area contributed by atoms with Crippen molar-refractivity contribution in [2.24, 2.45) is 0 Å². The normalized spacial score (nSPS) is 14.5. The number of carbonyl (C=O) groups is 1. The highest BCUT2D eigenvalue weighted by molar-refractivity contribution is 7.99. The first-order valence-corrected chi connectivity index (χ1v) is 9.19. The molecule has 1 aromatic carbocycles. The number of nitrogens with one attached hydrogen (secondary N) is 2. The number of nitrogens with zero attached hydrogens (tertiary/aromatic N) is 1. The van der Waals surface area contributed by atoms with Crippen molar-refractivity contribution >= 4 is 23.4 Å². The Hall–Kier alpha value is -2.21. The molecule has 0 bridgehead atoms. The number of anilines is 1. The van der Waals surface area contributed by atoms with Gasteiger partial charge < -0.3 is 15.2 Å². The van der Waals surface area contributed by atoms with Gasteiger partial charge in [0.25, 0.3) is 11.5 Å². The summed E-state index contributed by atoms with van der Waals surface area (Å²) in [6.45, 7) is 4.35. The van der Waals surface area contributed by atoms with Crippen molar-refractivity contribution in [2.75, 3.05) is 29.5 Å². The standard InChI is InChI=1S/C18H21N3O2S/c1-13-2-7-16(18(23)20-13)17(22)19-12-14-3-5-15(6-4-14)21-8-10-24-11-9-21/h2-7H,8-12H2,1H3,(H,19,22)(H,20,23). The summed E-state index contributed by atoms with van der Waals surface area (Å²) < 4.78 is 0. The fourth-order valence-electron chi connectivity index (χ4n) is 2.67. The molecular weight excluding hydrogens is 322 g/mol. The van der Waals surface area contributed by atoms with Crippen LogP contribution in [0, 0.1) is 6.92 Å². The molecular formula is C18H21N3O2S. The van der Waals surface area contributed by atoms with Gasteiger partial charge in [-0.1, -0.05) is 12.1 Å². The van der Waals surface area contributed by atoms with E-state index in [1.807, 2.05) is 23.9 Å². The van der Waals surface area contributed by atoms with Crippen LogP contribution < -0.4 is 15.8 Å². The molecule has 24 heavy (non-hydrogen) atoms. The van der Waals surface area contributed by atoms with Gasteiger partial charge in [0, 0.05) is 42.5 Å². The molecule has 2 aromatic rings. The van der Waals surface area contributed by atoms with E-state index in [2.05, 4.69) is 27.3 Å². The number of hydrogen-bond acceptors (Lipinski definition) is 4. The molecule has 0 aliphatic carbocycles. The highest BCUT2D eigenvalue weighted by Gasteiger charge is 2.12. The fourth-order valence-corrected chi connectivity index (χ4v) is 3.58. The Kier molecular flexibility index (Phi) is 5.25. The van der Waals surface area contributed by atoms with E-state index in [9.17, 15) is 9.59 Å². The maximum atomic E-state index is 12.1. The van der Waals surface area contributed by atoms with Gasteiger partial charge >= 0.3 is 0 Å². The van der Waals surface area contributed by atoms with E-state index in [1.54, 1.807) is 19.1 Å². The number of carbonyl (C=O) groups excluding carboxylic acids is 1. The number of H-pyrrole nitrogens is 1. The first-order chi connectivity index (χ1) is 11.6. The second-order valence-corrected chi connectivity index (χ2v) is 7.06. The number of hydrogen-bond donors (Lipinski definition) is 2. The Morgan fingerprint density at radius 3 is 2.54 bits per heavy atom. The summed E-state index contributed by atoms with van der Waals surface area (Å²) in [5.41, 5.74) is 2.76. The Morgan fingerprint density at radius 1 is 1.17 bits per heavy atom. The summed E-state index contributed by atoms with van der Waals surface area (Å²) in [7, 11) is 0. The number of amides is 1. The van der Waals surface area contributed by atoms with Crippen LogP contribution in [0.1, 0.15) is 21.6 Å². The zero-order valence-corrected chi connectivity index (χ0v) is 14.5. The molecule has 1 fully saturated rings. The Balaban J connectivity index is 1.60. The predicted octanol–water partition coefficient (Wildman–Crippen LogP) is 2.17. The lowest BCUT2D eigenvalue weighted by Crippen LogP contribution is -2.32. The minimum Gasteiger partial charge on any atom is -0.370 e. The minimum absolute atomic E-state index is 0.142. The molecule has 3 rings (SSSR count). The highest BCUT2D eigenvalue weighted by atomic mass is 32.2. The van der Waals surface area contributed by atoms with Gasteiger partial charge in [0.15, 0.2) is 0 Å². The molecule has 0 spiro atoms. The van der Waals surface area contributed by atoms with Crippen LogP contribution in [-0.4, -0.2) is 35.5 Å². The van der Waals surface area contributed by atoms with Gasteiger partial charge in [0.05, 0.1) is 0 Å². The molecule has 6 heteroatoms. The molecule has 126 valence electrons. The van der Waals surface area contributed by atoms with Gasteiger partial charge in [0.2, 0.25) is 0 Å². The molecule has 2 N–H and O–H groups in total. The number of aryl methyl sites for hydroxylation is 1. The van der Waals surface area contributed by atoms with E-state index in [1.165, 1.54) is 17.2 Å². The van der Waals surface area contributed by atoms with Crippen molar-refractivity contribution < 1.29 is 4.79 Å². The molecule has 1 saturated heterocycles. The van der Waals surface area contributed by atoms with Crippen LogP contribution in [0.3, 0.4) is 0 Å². The molecule has 1 aliphatic rings. The van der Waals surface area contributed by atoms with Gasteiger partial charge in [-0.25, -0.2) is 0 Å². The van der Waals surface area contributed by atoms with Gasteiger partial charge in [0.1, 0.15) is 5.56 Å². The van der Waals surface area contributed by atoms with E-state index >= 15 is 0 Å². The van der Waals surface area contributed by atoms with E-state index in [4.69, 9.17) is 0 Å². The summed E-state index contributed by atoms with van der Waals surface area (Å²) in [6.07, 6.45) is 0. The van der Waals surface area contributed by atoms with Crippen LogP contribution in [0.4, 0.5) is 5.69 Å². The lowest BCUT2D eigenvalue weighted by molar-refractivity contribution is 0.0949. The first kappa shape index (κ1) is 16.6. The van der Waals surface area contributed by atoms with Gasteiger partial charge in [-0.05, 0) is 36.8 Å². The molecule has 0 saturated carbocycles. The Morgan fingerprint density at radius 2 is 1.88 bits per heavy atom. The third-order valence-corrected chi connectivity index (χ3v) is 5.01. The number of benzene rings is 1. The summed E-state index contributed by atoms with van der Waals surface area (Å²) in [5.74, 6) is 1.99. The van der Waals surface area contributed by atoms with Crippen molar-refractivity contribution in [2.45, 2.75) is 13.5 Å². The van der Waals surface area contributed by atoms with Crippen molar-refractivity contribution in [3.05, 3.63) is 63.6 Å². The Bertz CT molecular complexity index is 765. The molecule has 5 nitrogen and oxygen atoms in total. The zero-order chi connectivity index (χ0) is 16.9. The van der Waals surface area contributed by atoms with E-state index < -0.39 is 0 Å². The number of aromatic amines is 1. The maximum absolute atomic E-state index is 12.1. The number of rotatable bonds is 4. The minimum atomic E-state index is -0.356. The van der Waals surface area contributed by atoms with Crippen molar-refractivity contribution in [1.29, 1.82) is 0 Å². The smallest absolute Gasteiger partial charge is 0.260 e. The summed E-state index contributed by atoms with van der Waals surface area (Å²) in [4.78, 5) is 28.9. The quantitative estimate of drug-likeness (QED) is 0.893. The lowest BCUT2D eigenvalue weighted by Gasteiger charge is -2.28. The fraction of sp³-hybridized carbons (Fsp3) is 0.333. The van der Waals surface area contributed by atoms with Crippen LogP contribution in [0.2, 0.25) is 0 Å². The van der Waals surface area contributed by atoms with Gasteiger partial charge in [-0.15, -0.1) is 0 Å². The number of pyridine rings is 1. The summed E-state index contributed by atoms with van der Waals surface area (Å²) in [5, 5.41) is 2.80. The van der Waals surface area contributed by atoms with E-state index in [0.717, 1.165) is 24.3 Å². The van der Waals surface area contributed by atoms with Crippen molar-refractivity contribution in [3.8, 4) is 0 Å². The average molecular weight is 343 g/mol. The van der Waals surface area contributed by atoms with Crippen LogP contribution in [-0.2, 0) is 6.54 Å². The van der Waals surface area contributed by atoms with Crippen LogP contribution >= 0.6 is 11.8 Å². The van der Waals surface area contributed by atoms with E-state index in [0.29, 0.717) is 6.54 Å². The van der Waals surface area contributed by atoms with E-state index in [-0.39, 0.29) is 17.0 Å². The molecule has 1 aliphatic heterocycles. The zero-order valence-electron chi connectivity index (χ0n) is 13.7. The Labute approximate surface area is 145 Å². The topological polar surface area (TPSA) is 65.2 Å². The third-order valence-electron chi connectivity index (χ3n) is 4.07. The second-order valence-electron chi connectivity index (χ2n) is 5.83. The predicted molar refractivity (Wildman–Crippen MR) is 98.9 cm³/mol. The first-order valence-electron chi connectivity index (χ1n) is 8.03. The molecule has 2 heterocycles. The van der Waals surface area contributed by atoms with Crippen LogP contribution in [0.5, 0.6) is 0 Å². The molecule has 0 atom stereocenters. The number of aromatic nitrogens is 1. The molecule has 1 aromatic heterocycles.